The van der Waals surface area contributed by atoms with Crippen molar-refractivity contribution in [1.29, 1.82) is 0 Å². The molecule has 2 N–H and O–H groups in total. The Morgan fingerprint density at radius 3 is 2.90 bits per heavy atom. The van der Waals surface area contributed by atoms with E-state index in [1.165, 1.54) is 18.5 Å². The molecule has 8 heteroatoms. The molecule has 0 aliphatic heterocycles. The van der Waals surface area contributed by atoms with Crippen molar-refractivity contribution < 1.29 is 13.6 Å². The number of benzene rings is 1. The molecule has 0 bridgehead atoms. The lowest BCUT2D eigenvalue weighted by atomic mass is 10.2. The molecule has 1 aromatic heterocycles. The Labute approximate surface area is 124 Å². The Kier molecular flexibility index (Phi) is 5.68. The molecule has 1 amide bonds. The van der Waals surface area contributed by atoms with Gasteiger partial charge in [-0.3, -0.25) is 9.89 Å². The maximum absolute atomic E-state index is 12.4. The lowest BCUT2D eigenvalue weighted by Crippen LogP contribution is -2.25. The summed E-state index contributed by atoms with van der Waals surface area (Å²) < 4.78 is 24.9. The zero-order chi connectivity index (χ0) is 15.1. The fourth-order valence-electron chi connectivity index (χ4n) is 1.76. The van der Waals surface area contributed by atoms with Gasteiger partial charge in [0, 0.05) is 17.9 Å². The first-order valence-corrected chi connectivity index (χ1v) is 7.21. The van der Waals surface area contributed by atoms with Crippen molar-refractivity contribution >= 4 is 17.7 Å². The Balaban J connectivity index is 1.85. The number of amides is 1. The van der Waals surface area contributed by atoms with E-state index < -0.39 is 5.76 Å². The van der Waals surface area contributed by atoms with E-state index in [0.29, 0.717) is 31.1 Å². The van der Waals surface area contributed by atoms with Crippen LogP contribution in [0.1, 0.15) is 22.6 Å². The summed E-state index contributed by atoms with van der Waals surface area (Å²) in [5.74, 6) is -2.15. The quantitative estimate of drug-likeness (QED) is 0.609. The summed E-state index contributed by atoms with van der Waals surface area (Å²) >= 11 is 0.373. The van der Waals surface area contributed by atoms with Gasteiger partial charge >= 0.3 is 0 Å². The van der Waals surface area contributed by atoms with Crippen LogP contribution in [0.5, 0.6) is 0 Å². The van der Waals surface area contributed by atoms with E-state index in [-0.39, 0.29) is 16.4 Å². The predicted octanol–water partition coefficient (Wildman–Crippen LogP) is 2.48. The first-order valence-electron chi connectivity index (χ1n) is 6.33. The van der Waals surface area contributed by atoms with E-state index in [0.717, 1.165) is 5.82 Å². The van der Waals surface area contributed by atoms with Crippen molar-refractivity contribution in [2.75, 3.05) is 6.54 Å². The van der Waals surface area contributed by atoms with Gasteiger partial charge in [0.05, 0.1) is 5.56 Å². The average molecular weight is 312 g/mol. The minimum atomic E-state index is -2.55. The van der Waals surface area contributed by atoms with Crippen molar-refractivity contribution in [3.63, 3.8) is 0 Å². The van der Waals surface area contributed by atoms with Gasteiger partial charge in [0.25, 0.3) is 11.7 Å². The normalized spacial score (nSPS) is 10.8. The van der Waals surface area contributed by atoms with E-state index in [4.69, 9.17) is 0 Å². The van der Waals surface area contributed by atoms with Crippen LogP contribution in [0.3, 0.4) is 0 Å². The summed E-state index contributed by atoms with van der Waals surface area (Å²) in [5.41, 5.74) is 0.266. The zero-order valence-corrected chi connectivity index (χ0v) is 11.9. The molecule has 0 spiro atoms. The molecule has 0 aliphatic carbocycles. The molecular weight excluding hydrogens is 298 g/mol. The number of halogens is 2. The summed E-state index contributed by atoms with van der Waals surface area (Å²) in [6.07, 6.45) is 2.77. The molecule has 112 valence electrons. The summed E-state index contributed by atoms with van der Waals surface area (Å²) in [4.78, 5) is 16.3. The molecule has 5 nitrogen and oxygen atoms in total. The summed E-state index contributed by atoms with van der Waals surface area (Å²) in [6, 6.07) is 6.33. The van der Waals surface area contributed by atoms with Gasteiger partial charge in [0.2, 0.25) is 0 Å². The standard InChI is InChI=1S/C13H14F2N4OS/c14-13(15)21-10-5-2-1-4-9(10)12(20)16-7-3-6-11-17-8-18-19-11/h1-2,4-5,8,13H,3,6-7H2,(H,16,20)(H,17,18,19). The van der Waals surface area contributed by atoms with Crippen LogP contribution in [0.4, 0.5) is 8.78 Å². The highest BCUT2D eigenvalue weighted by molar-refractivity contribution is 7.99. The highest BCUT2D eigenvalue weighted by Gasteiger charge is 2.14. The second-order valence-electron chi connectivity index (χ2n) is 4.17. The molecule has 0 unspecified atom stereocenters. The number of nitrogens with one attached hydrogen (secondary N) is 2. The van der Waals surface area contributed by atoms with Crippen molar-refractivity contribution in [2.45, 2.75) is 23.5 Å². The topological polar surface area (TPSA) is 70.7 Å². The van der Waals surface area contributed by atoms with Gasteiger partial charge in [-0.2, -0.15) is 13.9 Å². The fourth-order valence-corrected chi connectivity index (χ4v) is 2.39. The van der Waals surface area contributed by atoms with Gasteiger partial charge in [-0.15, -0.1) is 0 Å². The van der Waals surface area contributed by atoms with E-state index in [2.05, 4.69) is 20.5 Å². The number of hydrogen-bond donors (Lipinski definition) is 2. The number of H-pyrrole nitrogens is 1. The Morgan fingerprint density at radius 2 is 2.19 bits per heavy atom. The van der Waals surface area contributed by atoms with E-state index in [9.17, 15) is 13.6 Å². The maximum atomic E-state index is 12.4. The second-order valence-corrected chi connectivity index (χ2v) is 5.20. The number of aromatic nitrogens is 3. The molecule has 0 saturated heterocycles. The number of alkyl halides is 2. The number of rotatable bonds is 7. The molecule has 2 aromatic rings. The van der Waals surface area contributed by atoms with Crippen LogP contribution < -0.4 is 5.32 Å². The van der Waals surface area contributed by atoms with E-state index >= 15 is 0 Å². The van der Waals surface area contributed by atoms with Gasteiger partial charge in [-0.05, 0) is 18.6 Å². The summed E-state index contributed by atoms with van der Waals surface area (Å²) in [5, 5.41) is 9.17. The van der Waals surface area contributed by atoms with Crippen molar-refractivity contribution in [3.8, 4) is 0 Å². The van der Waals surface area contributed by atoms with Crippen LogP contribution in [0.2, 0.25) is 0 Å². The molecule has 1 heterocycles. The summed E-state index contributed by atoms with van der Waals surface area (Å²) in [7, 11) is 0. The number of thioether (sulfide) groups is 1. The monoisotopic (exact) mass is 312 g/mol. The molecule has 0 aliphatic rings. The van der Waals surface area contributed by atoms with Crippen molar-refractivity contribution in [2.24, 2.45) is 0 Å². The number of hydrogen-bond acceptors (Lipinski definition) is 4. The minimum absolute atomic E-state index is 0.266. The molecule has 0 fully saturated rings. The number of aryl methyl sites for hydroxylation is 1. The van der Waals surface area contributed by atoms with E-state index in [1.54, 1.807) is 12.1 Å². The highest BCUT2D eigenvalue weighted by Crippen LogP contribution is 2.28. The van der Waals surface area contributed by atoms with Gasteiger partial charge in [-0.1, -0.05) is 23.9 Å². The fraction of sp³-hybridized carbons (Fsp3) is 0.308. The molecule has 21 heavy (non-hydrogen) atoms. The van der Waals surface area contributed by atoms with Gasteiger partial charge in [0.15, 0.2) is 0 Å². The van der Waals surface area contributed by atoms with Gasteiger partial charge < -0.3 is 5.32 Å². The number of carbonyl (C=O) groups excluding carboxylic acids is 1. The van der Waals surface area contributed by atoms with Crippen LogP contribution in [-0.2, 0) is 6.42 Å². The van der Waals surface area contributed by atoms with Gasteiger partial charge in [-0.25, -0.2) is 4.98 Å². The molecule has 2 rings (SSSR count). The summed E-state index contributed by atoms with van der Waals surface area (Å²) in [6.45, 7) is 0.438. The van der Waals surface area contributed by atoms with Crippen LogP contribution in [0.25, 0.3) is 0 Å². The minimum Gasteiger partial charge on any atom is -0.352 e. The average Bonchev–Trinajstić information content (AvgIpc) is 2.96. The highest BCUT2D eigenvalue weighted by atomic mass is 32.2. The Bertz CT molecular complexity index is 577. The first-order chi connectivity index (χ1) is 10.2. The Morgan fingerprint density at radius 1 is 1.38 bits per heavy atom. The molecular formula is C13H14F2N4OS. The second kappa shape index (κ2) is 7.72. The maximum Gasteiger partial charge on any atom is 0.288 e. The zero-order valence-electron chi connectivity index (χ0n) is 11.1. The third kappa shape index (κ3) is 4.82. The lowest BCUT2D eigenvalue weighted by molar-refractivity contribution is 0.0950. The van der Waals surface area contributed by atoms with E-state index in [1.807, 2.05) is 0 Å². The molecule has 0 radical (unpaired) electrons. The van der Waals surface area contributed by atoms with Crippen LogP contribution in [0.15, 0.2) is 35.5 Å². The Hall–Kier alpha value is -1.96. The molecule has 0 saturated carbocycles. The largest absolute Gasteiger partial charge is 0.352 e. The number of carbonyl (C=O) groups is 1. The molecule has 1 aromatic carbocycles. The van der Waals surface area contributed by atoms with Gasteiger partial charge in [0.1, 0.15) is 12.2 Å². The third-order valence-corrected chi connectivity index (χ3v) is 3.48. The van der Waals surface area contributed by atoms with Crippen LogP contribution in [-0.4, -0.2) is 33.4 Å². The smallest absolute Gasteiger partial charge is 0.288 e. The van der Waals surface area contributed by atoms with Crippen molar-refractivity contribution in [3.05, 3.63) is 42.0 Å². The third-order valence-electron chi connectivity index (χ3n) is 2.69. The number of nitrogens with zero attached hydrogens (tertiary/aromatic N) is 2. The lowest BCUT2D eigenvalue weighted by Gasteiger charge is -2.09. The first kappa shape index (κ1) is 15.4. The van der Waals surface area contributed by atoms with Crippen LogP contribution in [0, 0.1) is 0 Å². The van der Waals surface area contributed by atoms with Crippen LogP contribution >= 0.6 is 11.8 Å². The number of aromatic amines is 1. The predicted molar refractivity (Wildman–Crippen MR) is 75.3 cm³/mol. The SMILES string of the molecule is O=C(NCCCc1ncn[nH]1)c1ccccc1SC(F)F. The molecule has 0 atom stereocenters. The van der Waals surface area contributed by atoms with Crippen molar-refractivity contribution in [1.82, 2.24) is 20.5 Å².